The molecule has 1 heterocycles. The highest BCUT2D eigenvalue weighted by Gasteiger charge is 2.34. The van der Waals surface area contributed by atoms with Gasteiger partial charge < -0.3 is 9.64 Å². The highest BCUT2D eigenvalue weighted by Crippen LogP contribution is 2.22. The molecule has 0 aromatic heterocycles. The van der Waals surface area contributed by atoms with E-state index >= 15 is 0 Å². The van der Waals surface area contributed by atoms with Gasteiger partial charge in [0.05, 0.1) is 11.5 Å². The van der Waals surface area contributed by atoms with Gasteiger partial charge in [-0.05, 0) is 48.4 Å². The van der Waals surface area contributed by atoms with Gasteiger partial charge >= 0.3 is 0 Å². The molecule has 1 aliphatic rings. The number of carbonyl (C=O) groups excluding carboxylic acids is 1. The minimum Gasteiger partial charge on any atom is -0.484 e. The first-order chi connectivity index (χ1) is 12.8. The Morgan fingerprint density at radius 3 is 2.48 bits per heavy atom. The maximum absolute atomic E-state index is 12.8. The van der Waals surface area contributed by atoms with Crippen LogP contribution in [0.3, 0.4) is 0 Å². The molecule has 1 fully saturated rings. The number of ether oxygens (including phenoxy) is 1. The zero-order chi connectivity index (χ0) is 19.4. The van der Waals surface area contributed by atoms with Crippen molar-refractivity contribution in [3.63, 3.8) is 0 Å². The average Bonchev–Trinajstić information content (AvgIpc) is 2.98. The Morgan fingerprint density at radius 1 is 1.11 bits per heavy atom. The number of benzene rings is 2. The van der Waals surface area contributed by atoms with E-state index in [0.29, 0.717) is 22.2 Å². The smallest absolute Gasteiger partial charge is 0.261 e. The summed E-state index contributed by atoms with van der Waals surface area (Å²) in [5.41, 5.74) is 0.839. The van der Waals surface area contributed by atoms with Crippen molar-refractivity contribution in [3.05, 3.63) is 64.1 Å². The quantitative estimate of drug-likeness (QED) is 0.706. The molecule has 2 aromatic rings. The van der Waals surface area contributed by atoms with Crippen LogP contribution in [0.1, 0.15) is 12.0 Å². The third-order valence-corrected chi connectivity index (χ3v) is 6.62. The lowest BCUT2D eigenvalue weighted by atomic mass is 10.1. The Kier molecular flexibility index (Phi) is 6.29. The molecule has 1 aliphatic heterocycles. The fraction of sp³-hybridized carbons (Fsp3) is 0.316. The monoisotopic (exact) mass is 427 g/mol. The molecular weight excluding hydrogens is 409 g/mol. The molecule has 3 rings (SSSR count). The standard InChI is InChI=1S/C19H19Cl2NO4S/c20-15-4-6-18(7-5-15)26-12-19(23)22(17-8-9-27(24,25)13-17)11-14-2-1-3-16(21)10-14/h1-7,10,17H,8-9,11-13H2/t17-/m0/s1. The number of hydrogen-bond donors (Lipinski definition) is 0. The summed E-state index contributed by atoms with van der Waals surface area (Å²) in [6, 6.07) is 13.5. The maximum atomic E-state index is 12.8. The van der Waals surface area contributed by atoms with E-state index < -0.39 is 9.84 Å². The van der Waals surface area contributed by atoms with Crippen LogP contribution in [0.5, 0.6) is 5.75 Å². The highest BCUT2D eigenvalue weighted by molar-refractivity contribution is 7.91. The normalized spacial score (nSPS) is 18.2. The van der Waals surface area contributed by atoms with Crippen LogP contribution in [-0.4, -0.2) is 43.4 Å². The summed E-state index contributed by atoms with van der Waals surface area (Å²) in [5, 5.41) is 1.14. The number of rotatable bonds is 6. The molecule has 1 atom stereocenters. The van der Waals surface area contributed by atoms with Crippen molar-refractivity contribution >= 4 is 38.9 Å². The second kappa shape index (κ2) is 8.50. The molecule has 0 saturated carbocycles. The number of amides is 1. The highest BCUT2D eigenvalue weighted by atomic mass is 35.5. The fourth-order valence-corrected chi connectivity index (χ4v) is 5.10. The second-order valence-corrected chi connectivity index (χ2v) is 9.55. The fourth-order valence-electron chi connectivity index (χ4n) is 3.03. The van der Waals surface area contributed by atoms with E-state index in [4.69, 9.17) is 27.9 Å². The van der Waals surface area contributed by atoms with E-state index in [1.54, 1.807) is 47.4 Å². The van der Waals surface area contributed by atoms with E-state index in [1.807, 2.05) is 6.07 Å². The van der Waals surface area contributed by atoms with Gasteiger partial charge in [0, 0.05) is 22.6 Å². The van der Waals surface area contributed by atoms with Gasteiger partial charge in [0.25, 0.3) is 5.91 Å². The SMILES string of the molecule is O=C(COc1ccc(Cl)cc1)N(Cc1cccc(Cl)c1)[C@H]1CCS(=O)(=O)C1. The molecule has 0 unspecified atom stereocenters. The lowest BCUT2D eigenvalue weighted by molar-refractivity contribution is -0.136. The largest absolute Gasteiger partial charge is 0.484 e. The number of nitrogens with zero attached hydrogens (tertiary/aromatic N) is 1. The van der Waals surface area contributed by atoms with Gasteiger partial charge in [-0.15, -0.1) is 0 Å². The van der Waals surface area contributed by atoms with E-state index in [1.165, 1.54) is 0 Å². The summed E-state index contributed by atoms with van der Waals surface area (Å²) < 4.78 is 29.3. The van der Waals surface area contributed by atoms with Gasteiger partial charge in [-0.2, -0.15) is 0 Å². The Bertz CT molecular complexity index is 916. The molecule has 27 heavy (non-hydrogen) atoms. The van der Waals surface area contributed by atoms with Crippen LogP contribution < -0.4 is 4.74 Å². The predicted octanol–water partition coefficient (Wildman–Crippen LogP) is 3.59. The third kappa shape index (κ3) is 5.61. The maximum Gasteiger partial charge on any atom is 0.261 e. The Labute approximate surface area is 168 Å². The zero-order valence-corrected chi connectivity index (χ0v) is 16.8. The summed E-state index contributed by atoms with van der Waals surface area (Å²) in [4.78, 5) is 14.4. The molecule has 0 aliphatic carbocycles. The lowest BCUT2D eigenvalue weighted by Gasteiger charge is -2.28. The summed E-state index contributed by atoms with van der Waals surface area (Å²) in [5.74, 6) is 0.316. The Hall–Kier alpha value is -1.76. The first-order valence-electron chi connectivity index (χ1n) is 8.45. The van der Waals surface area contributed by atoms with Crippen molar-refractivity contribution in [2.45, 2.75) is 19.0 Å². The van der Waals surface area contributed by atoms with Crippen molar-refractivity contribution in [2.75, 3.05) is 18.1 Å². The Morgan fingerprint density at radius 2 is 1.85 bits per heavy atom. The second-order valence-electron chi connectivity index (χ2n) is 6.45. The summed E-state index contributed by atoms with van der Waals surface area (Å²) >= 11 is 11.9. The molecule has 0 bridgehead atoms. The van der Waals surface area contributed by atoms with Crippen LogP contribution >= 0.6 is 23.2 Å². The average molecular weight is 428 g/mol. The molecular formula is C19H19Cl2NO4S. The topological polar surface area (TPSA) is 63.7 Å². The molecule has 0 radical (unpaired) electrons. The van der Waals surface area contributed by atoms with Gasteiger partial charge in [-0.25, -0.2) is 8.42 Å². The van der Waals surface area contributed by atoms with E-state index in [-0.39, 0.29) is 36.6 Å². The lowest BCUT2D eigenvalue weighted by Crippen LogP contribution is -2.43. The molecule has 144 valence electrons. The van der Waals surface area contributed by atoms with Gasteiger partial charge in [0.15, 0.2) is 16.4 Å². The van der Waals surface area contributed by atoms with Gasteiger partial charge in [0.2, 0.25) is 0 Å². The number of hydrogen-bond acceptors (Lipinski definition) is 4. The van der Waals surface area contributed by atoms with Crippen LogP contribution in [-0.2, 0) is 21.2 Å². The van der Waals surface area contributed by atoms with Crippen LogP contribution in [0.4, 0.5) is 0 Å². The van der Waals surface area contributed by atoms with Gasteiger partial charge in [-0.3, -0.25) is 4.79 Å². The van der Waals surface area contributed by atoms with Crippen LogP contribution in [0.25, 0.3) is 0 Å². The van der Waals surface area contributed by atoms with Crippen molar-refractivity contribution in [2.24, 2.45) is 0 Å². The van der Waals surface area contributed by atoms with Crippen molar-refractivity contribution < 1.29 is 17.9 Å². The Balaban J connectivity index is 1.73. The number of carbonyl (C=O) groups is 1. The molecule has 0 N–H and O–H groups in total. The minimum atomic E-state index is -3.12. The van der Waals surface area contributed by atoms with Crippen molar-refractivity contribution in [1.82, 2.24) is 4.90 Å². The molecule has 0 spiro atoms. The summed E-state index contributed by atoms with van der Waals surface area (Å²) in [6.45, 7) is 0.0995. The summed E-state index contributed by atoms with van der Waals surface area (Å²) in [6.07, 6.45) is 0.426. The molecule has 5 nitrogen and oxygen atoms in total. The van der Waals surface area contributed by atoms with Gasteiger partial charge in [-0.1, -0.05) is 35.3 Å². The third-order valence-electron chi connectivity index (χ3n) is 4.39. The molecule has 1 saturated heterocycles. The van der Waals surface area contributed by atoms with E-state index in [0.717, 1.165) is 5.56 Å². The molecule has 1 amide bonds. The van der Waals surface area contributed by atoms with Crippen LogP contribution in [0.2, 0.25) is 10.0 Å². The molecule has 2 aromatic carbocycles. The number of sulfone groups is 1. The number of halogens is 2. The molecule has 8 heteroatoms. The predicted molar refractivity (Wildman–Crippen MR) is 106 cm³/mol. The zero-order valence-electron chi connectivity index (χ0n) is 14.5. The van der Waals surface area contributed by atoms with E-state index in [9.17, 15) is 13.2 Å². The van der Waals surface area contributed by atoms with E-state index in [2.05, 4.69) is 0 Å². The van der Waals surface area contributed by atoms with Crippen molar-refractivity contribution in [1.29, 1.82) is 0 Å². The van der Waals surface area contributed by atoms with Gasteiger partial charge in [0.1, 0.15) is 5.75 Å². The van der Waals surface area contributed by atoms with Crippen LogP contribution in [0.15, 0.2) is 48.5 Å². The minimum absolute atomic E-state index is 0.0275. The first kappa shape index (κ1) is 20.0. The van der Waals surface area contributed by atoms with Crippen LogP contribution in [0, 0.1) is 0 Å². The summed E-state index contributed by atoms with van der Waals surface area (Å²) in [7, 11) is -3.12. The van der Waals surface area contributed by atoms with Crippen molar-refractivity contribution in [3.8, 4) is 5.75 Å². The first-order valence-corrected chi connectivity index (χ1v) is 11.0.